The first-order valence-electron chi connectivity index (χ1n) is 12.5. The number of aliphatic imine (C=N–C) groups is 1. The molecule has 1 amide bonds. The number of amides is 1. The highest BCUT2D eigenvalue weighted by molar-refractivity contribution is 7.16. The SMILES string of the molecule is COc1ccc2ccccc2c1C=Nc1sc2c(c1C(=O)Nc1ccccc1)CC[C@H](C(C)(C)C)C2. The van der Waals surface area contributed by atoms with Crippen LogP contribution in [-0.4, -0.2) is 19.2 Å². The van der Waals surface area contributed by atoms with Gasteiger partial charge in [0.15, 0.2) is 0 Å². The Morgan fingerprint density at radius 3 is 2.56 bits per heavy atom. The molecule has 0 saturated heterocycles. The summed E-state index contributed by atoms with van der Waals surface area (Å²) in [5.41, 5.74) is 3.81. The van der Waals surface area contributed by atoms with Gasteiger partial charge in [-0.3, -0.25) is 4.79 Å². The molecule has 184 valence electrons. The molecule has 1 heterocycles. The molecule has 1 atom stereocenters. The number of carbonyl (C=O) groups is 1. The van der Waals surface area contributed by atoms with E-state index in [-0.39, 0.29) is 11.3 Å². The van der Waals surface area contributed by atoms with E-state index >= 15 is 0 Å². The lowest BCUT2D eigenvalue weighted by atomic mass is 9.72. The fraction of sp³-hybridized carbons (Fsp3) is 0.290. The first kappa shape index (κ1) is 24.3. The Bertz CT molecular complexity index is 1430. The van der Waals surface area contributed by atoms with E-state index < -0.39 is 0 Å². The van der Waals surface area contributed by atoms with Gasteiger partial charge in [-0.1, -0.05) is 69.3 Å². The van der Waals surface area contributed by atoms with E-state index in [0.29, 0.717) is 11.5 Å². The molecule has 1 aromatic heterocycles. The van der Waals surface area contributed by atoms with Crippen molar-refractivity contribution in [3.63, 3.8) is 0 Å². The molecule has 5 heteroatoms. The van der Waals surface area contributed by atoms with Crippen LogP contribution in [-0.2, 0) is 12.8 Å². The average Bonchev–Trinajstić information content (AvgIpc) is 3.25. The molecular formula is C31H32N2O2S. The van der Waals surface area contributed by atoms with Crippen LogP contribution in [0.15, 0.2) is 71.7 Å². The number of benzene rings is 3. The summed E-state index contributed by atoms with van der Waals surface area (Å²) in [6.45, 7) is 6.93. The van der Waals surface area contributed by atoms with Gasteiger partial charge in [0, 0.05) is 22.3 Å². The molecule has 0 bridgehead atoms. The van der Waals surface area contributed by atoms with Crippen molar-refractivity contribution in [1.82, 2.24) is 0 Å². The van der Waals surface area contributed by atoms with Gasteiger partial charge in [-0.2, -0.15) is 0 Å². The predicted molar refractivity (Wildman–Crippen MR) is 151 cm³/mol. The van der Waals surface area contributed by atoms with Crippen LogP contribution in [0.4, 0.5) is 10.7 Å². The van der Waals surface area contributed by atoms with Gasteiger partial charge in [0.25, 0.3) is 5.91 Å². The molecule has 3 aromatic carbocycles. The van der Waals surface area contributed by atoms with Gasteiger partial charge in [-0.15, -0.1) is 11.3 Å². The highest BCUT2D eigenvalue weighted by atomic mass is 32.1. The number of hydrogen-bond donors (Lipinski definition) is 1. The van der Waals surface area contributed by atoms with Crippen molar-refractivity contribution in [2.45, 2.75) is 40.0 Å². The molecule has 4 nitrogen and oxygen atoms in total. The number of hydrogen-bond acceptors (Lipinski definition) is 4. The maximum Gasteiger partial charge on any atom is 0.259 e. The summed E-state index contributed by atoms with van der Waals surface area (Å²) in [5.74, 6) is 1.26. The van der Waals surface area contributed by atoms with Crippen molar-refractivity contribution >= 4 is 44.9 Å². The Morgan fingerprint density at radius 1 is 1.06 bits per heavy atom. The molecule has 0 saturated carbocycles. The number of fused-ring (bicyclic) bond motifs is 2. The van der Waals surface area contributed by atoms with E-state index in [4.69, 9.17) is 9.73 Å². The lowest BCUT2D eigenvalue weighted by Crippen LogP contribution is -2.27. The second-order valence-electron chi connectivity index (χ2n) is 10.5. The van der Waals surface area contributed by atoms with Crippen LogP contribution in [0.25, 0.3) is 10.8 Å². The van der Waals surface area contributed by atoms with Crippen molar-refractivity contribution < 1.29 is 9.53 Å². The number of methoxy groups -OCH3 is 1. The molecular weight excluding hydrogens is 464 g/mol. The van der Waals surface area contributed by atoms with Gasteiger partial charge >= 0.3 is 0 Å². The zero-order valence-corrected chi connectivity index (χ0v) is 22.1. The zero-order valence-electron chi connectivity index (χ0n) is 21.3. The number of anilines is 1. The summed E-state index contributed by atoms with van der Waals surface area (Å²) in [6.07, 6.45) is 4.83. The summed E-state index contributed by atoms with van der Waals surface area (Å²) in [7, 11) is 1.68. The standard InChI is InChI=1S/C31H32N2O2S/c1-31(2,3)21-15-16-24-27(18-21)36-30(28(24)29(34)33-22-11-6-5-7-12-22)32-19-25-23-13-9-8-10-20(23)14-17-26(25)35-4/h5-14,17,19,21H,15-16,18H2,1-4H3,(H,33,34)/t21-/m0/s1. The number of carbonyl (C=O) groups excluding carboxylic acids is 1. The molecule has 0 spiro atoms. The predicted octanol–water partition coefficient (Wildman–Crippen LogP) is 8.06. The Morgan fingerprint density at radius 2 is 1.81 bits per heavy atom. The quantitative estimate of drug-likeness (QED) is 0.284. The van der Waals surface area contributed by atoms with Gasteiger partial charge in [-0.05, 0) is 65.1 Å². The molecule has 0 fully saturated rings. The molecule has 0 aliphatic heterocycles. The molecule has 1 aliphatic rings. The van der Waals surface area contributed by atoms with Crippen molar-refractivity contribution in [2.24, 2.45) is 16.3 Å². The second-order valence-corrected chi connectivity index (χ2v) is 11.6. The fourth-order valence-electron chi connectivity index (χ4n) is 5.06. The number of rotatable bonds is 5. The average molecular weight is 497 g/mol. The third-order valence-electron chi connectivity index (χ3n) is 7.19. The van der Waals surface area contributed by atoms with Crippen LogP contribution >= 0.6 is 11.3 Å². The van der Waals surface area contributed by atoms with Crippen LogP contribution in [0.1, 0.15) is 53.6 Å². The number of nitrogens with one attached hydrogen (secondary N) is 1. The third-order valence-corrected chi connectivity index (χ3v) is 8.35. The summed E-state index contributed by atoms with van der Waals surface area (Å²) in [4.78, 5) is 19.8. The van der Waals surface area contributed by atoms with Gasteiger partial charge in [0.05, 0.1) is 12.7 Å². The van der Waals surface area contributed by atoms with Gasteiger partial charge in [0.2, 0.25) is 0 Å². The largest absolute Gasteiger partial charge is 0.496 e. The molecule has 5 rings (SSSR count). The van der Waals surface area contributed by atoms with E-state index in [1.54, 1.807) is 18.4 Å². The maximum atomic E-state index is 13.6. The minimum Gasteiger partial charge on any atom is -0.496 e. The molecule has 0 radical (unpaired) electrons. The van der Waals surface area contributed by atoms with Crippen LogP contribution in [0.3, 0.4) is 0 Å². The van der Waals surface area contributed by atoms with Crippen molar-refractivity contribution in [3.8, 4) is 5.75 Å². The monoisotopic (exact) mass is 496 g/mol. The highest BCUT2D eigenvalue weighted by Crippen LogP contribution is 2.45. The maximum absolute atomic E-state index is 13.6. The molecule has 1 aliphatic carbocycles. The smallest absolute Gasteiger partial charge is 0.259 e. The van der Waals surface area contributed by atoms with Crippen LogP contribution in [0.5, 0.6) is 5.75 Å². The van der Waals surface area contributed by atoms with Gasteiger partial charge < -0.3 is 10.1 Å². The minimum atomic E-state index is -0.0926. The van der Waals surface area contributed by atoms with Crippen LogP contribution in [0.2, 0.25) is 0 Å². The zero-order chi connectivity index (χ0) is 25.3. The van der Waals surface area contributed by atoms with Crippen LogP contribution in [0, 0.1) is 11.3 Å². The molecule has 4 aromatic rings. The summed E-state index contributed by atoms with van der Waals surface area (Å²) in [5, 5.41) is 6.06. The Balaban J connectivity index is 1.58. The van der Waals surface area contributed by atoms with Gasteiger partial charge in [-0.25, -0.2) is 4.99 Å². The lowest BCUT2D eigenvalue weighted by molar-refractivity contribution is 0.102. The van der Waals surface area contributed by atoms with Crippen LogP contribution < -0.4 is 10.1 Å². The number of nitrogens with zero attached hydrogens (tertiary/aromatic N) is 1. The Labute approximate surface area is 217 Å². The number of ether oxygens (including phenoxy) is 1. The van der Waals surface area contributed by atoms with E-state index in [0.717, 1.165) is 57.6 Å². The summed E-state index contributed by atoms with van der Waals surface area (Å²) >= 11 is 1.66. The van der Waals surface area contributed by atoms with Gasteiger partial charge in [0.1, 0.15) is 10.8 Å². The fourth-order valence-corrected chi connectivity index (χ4v) is 6.33. The normalized spacial score (nSPS) is 15.7. The first-order valence-corrected chi connectivity index (χ1v) is 13.3. The minimum absolute atomic E-state index is 0.0926. The third kappa shape index (κ3) is 4.80. The molecule has 36 heavy (non-hydrogen) atoms. The molecule has 0 unspecified atom stereocenters. The topological polar surface area (TPSA) is 50.7 Å². The van der Waals surface area contributed by atoms with E-state index in [1.165, 1.54) is 4.88 Å². The van der Waals surface area contributed by atoms with E-state index in [9.17, 15) is 4.79 Å². The number of thiophene rings is 1. The van der Waals surface area contributed by atoms with E-state index in [1.807, 2.05) is 54.7 Å². The highest BCUT2D eigenvalue weighted by Gasteiger charge is 2.33. The summed E-state index contributed by atoms with van der Waals surface area (Å²) < 4.78 is 5.66. The summed E-state index contributed by atoms with van der Waals surface area (Å²) in [6, 6.07) is 21.9. The molecule has 1 N–H and O–H groups in total. The van der Waals surface area contributed by atoms with Crippen molar-refractivity contribution in [1.29, 1.82) is 0 Å². The Hall–Kier alpha value is -3.44. The second kappa shape index (κ2) is 9.90. The van der Waals surface area contributed by atoms with Crippen molar-refractivity contribution in [3.05, 3.63) is 88.3 Å². The van der Waals surface area contributed by atoms with Crippen molar-refractivity contribution in [2.75, 3.05) is 12.4 Å². The number of para-hydroxylation sites is 1. The van der Waals surface area contributed by atoms with E-state index in [2.05, 4.69) is 44.3 Å². The first-order chi connectivity index (χ1) is 17.3. The lowest BCUT2D eigenvalue weighted by Gasteiger charge is -2.33. The Kier molecular flexibility index (Phi) is 6.67.